The lowest BCUT2D eigenvalue weighted by Crippen LogP contribution is -2.44. The zero-order chi connectivity index (χ0) is 42.7. The first-order chi connectivity index (χ1) is 28.9. The summed E-state index contributed by atoms with van der Waals surface area (Å²) in [6.07, 6.45) is 5.01. The minimum atomic E-state index is -0.672. The Hall–Kier alpha value is -7.13. The SMILES string of the molecule is CCn1nc(C)cc1C(=O)Nc1nc2cc(C(N)=O)cnc2n1C/C=C/Cn1c(NC(=O)c2c(N)c(C)nn2CC)nc2cc(C(N)=O)cc(OCCN3CCNCC3)c21. The Labute approximate surface area is 343 Å². The number of allylic oxidation sites excluding steroid dienone is 2. The molecule has 0 spiro atoms. The van der Waals surface area contributed by atoms with Gasteiger partial charge < -0.3 is 31.8 Å². The molecule has 0 aliphatic carbocycles. The fraction of sp³-hybridized carbons (Fsp3) is 0.359. The number of carbonyl (C=O) groups is 4. The number of fused-ring (bicyclic) bond motifs is 2. The maximum atomic E-state index is 13.9. The van der Waals surface area contributed by atoms with E-state index in [4.69, 9.17) is 26.9 Å². The molecule has 5 aromatic heterocycles. The number of imidazole rings is 2. The van der Waals surface area contributed by atoms with Crippen LogP contribution < -0.4 is 37.9 Å². The first-order valence-electron chi connectivity index (χ1n) is 19.6. The van der Waals surface area contributed by atoms with Gasteiger partial charge in [0.1, 0.15) is 34.8 Å². The number of aryl methyl sites for hydroxylation is 4. The van der Waals surface area contributed by atoms with Crippen molar-refractivity contribution in [3.8, 4) is 5.75 Å². The molecule has 21 heteroatoms. The van der Waals surface area contributed by atoms with Gasteiger partial charge in [0.15, 0.2) is 5.65 Å². The Morgan fingerprint density at radius 1 is 0.833 bits per heavy atom. The van der Waals surface area contributed by atoms with Crippen molar-refractivity contribution >= 4 is 63.4 Å². The predicted octanol–water partition coefficient (Wildman–Crippen LogP) is 1.66. The molecule has 1 fully saturated rings. The third-order valence-corrected chi connectivity index (χ3v) is 10.2. The number of aromatic nitrogens is 9. The number of nitrogens with two attached hydrogens (primary N) is 3. The topological polar surface area (TPSA) is 279 Å². The number of pyridine rings is 1. The Morgan fingerprint density at radius 3 is 2.18 bits per heavy atom. The summed E-state index contributed by atoms with van der Waals surface area (Å²) in [6.45, 7) is 12.9. The van der Waals surface area contributed by atoms with Gasteiger partial charge in [-0.3, -0.25) is 48.6 Å². The minimum Gasteiger partial charge on any atom is -0.490 e. The highest BCUT2D eigenvalue weighted by Crippen LogP contribution is 2.32. The molecule has 6 heterocycles. The molecule has 0 radical (unpaired) electrons. The number of hydrogen-bond donors (Lipinski definition) is 6. The predicted molar refractivity (Wildman–Crippen MR) is 224 cm³/mol. The summed E-state index contributed by atoms with van der Waals surface area (Å²) in [5.74, 6) is -1.62. The highest BCUT2D eigenvalue weighted by molar-refractivity contribution is 6.07. The minimum absolute atomic E-state index is 0.152. The number of amides is 4. The highest BCUT2D eigenvalue weighted by Gasteiger charge is 2.25. The van der Waals surface area contributed by atoms with Crippen molar-refractivity contribution in [1.29, 1.82) is 0 Å². The molecule has 0 atom stereocenters. The van der Waals surface area contributed by atoms with Crippen LogP contribution in [0, 0.1) is 13.8 Å². The van der Waals surface area contributed by atoms with Crippen LogP contribution in [0.3, 0.4) is 0 Å². The summed E-state index contributed by atoms with van der Waals surface area (Å²) in [6, 6.07) is 6.32. The van der Waals surface area contributed by atoms with Crippen molar-refractivity contribution in [3.63, 3.8) is 0 Å². The lowest BCUT2D eigenvalue weighted by Gasteiger charge is -2.27. The molecule has 1 saturated heterocycles. The molecule has 1 aliphatic rings. The third kappa shape index (κ3) is 8.38. The second-order valence-electron chi connectivity index (χ2n) is 14.2. The Bertz CT molecular complexity index is 2640. The molecule has 9 N–H and O–H groups in total. The molecule has 6 aromatic rings. The number of rotatable bonds is 16. The Balaban J connectivity index is 1.25. The average Bonchev–Trinajstić information content (AvgIpc) is 3.97. The van der Waals surface area contributed by atoms with Gasteiger partial charge in [-0.15, -0.1) is 0 Å². The second kappa shape index (κ2) is 17.4. The van der Waals surface area contributed by atoms with E-state index in [-0.39, 0.29) is 47.5 Å². The number of benzene rings is 1. The van der Waals surface area contributed by atoms with E-state index in [1.807, 2.05) is 26.0 Å². The van der Waals surface area contributed by atoms with E-state index < -0.39 is 23.6 Å². The lowest BCUT2D eigenvalue weighted by molar-refractivity contribution is 0.0991. The normalized spacial score (nSPS) is 13.4. The van der Waals surface area contributed by atoms with Gasteiger partial charge in [-0.25, -0.2) is 15.0 Å². The molecule has 314 valence electrons. The van der Waals surface area contributed by atoms with Crippen molar-refractivity contribution < 1.29 is 23.9 Å². The van der Waals surface area contributed by atoms with Crippen LogP contribution in [0.4, 0.5) is 17.6 Å². The summed E-state index contributed by atoms with van der Waals surface area (Å²) >= 11 is 0. The van der Waals surface area contributed by atoms with Crippen molar-refractivity contribution in [2.75, 3.05) is 55.7 Å². The fourth-order valence-electron chi connectivity index (χ4n) is 7.11. The zero-order valence-electron chi connectivity index (χ0n) is 33.9. The van der Waals surface area contributed by atoms with Crippen molar-refractivity contribution in [2.45, 2.75) is 53.9 Å². The summed E-state index contributed by atoms with van der Waals surface area (Å²) < 4.78 is 12.9. The van der Waals surface area contributed by atoms with Crippen LogP contribution in [0.1, 0.15) is 66.9 Å². The van der Waals surface area contributed by atoms with Crippen molar-refractivity contribution in [3.05, 3.63) is 76.5 Å². The van der Waals surface area contributed by atoms with Crippen LogP contribution in [0.25, 0.3) is 22.2 Å². The molecular weight excluding hydrogens is 773 g/mol. The van der Waals surface area contributed by atoms with Gasteiger partial charge in [0.2, 0.25) is 23.7 Å². The molecule has 7 rings (SSSR count). The Kier molecular flexibility index (Phi) is 11.9. The highest BCUT2D eigenvalue weighted by atomic mass is 16.5. The molecule has 1 aliphatic heterocycles. The van der Waals surface area contributed by atoms with E-state index in [2.05, 4.69) is 41.0 Å². The summed E-state index contributed by atoms with van der Waals surface area (Å²) in [5, 5.41) is 17.9. The monoisotopic (exact) mass is 820 g/mol. The molecule has 0 saturated carbocycles. The number of nitrogen functional groups attached to an aromatic ring is 1. The van der Waals surface area contributed by atoms with Crippen molar-refractivity contribution in [2.24, 2.45) is 11.5 Å². The van der Waals surface area contributed by atoms with Gasteiger partial charge in [-0.1, -0.05) is 12.2 Å². The number of anilines is 3. The van der Waals surface area contributed by atoms with Crippen LogP contribution >= 0.6 is 0 Å². The standard InChI is InChI=1S/C39H48N16O5/c1-5-54-28(17-22(3)49-54)36(58)47-39-46-27-19-25(34(42)57)21-44-35(27)53(39)12-8-7-11-52-31-26(45-38(52)48-37(59)32-30(40)23(4)50-55(32)6-2)18-24(33(41)56)20-29(31)60-16-15-51-13-9-43-10-14-51/h7-8,17-21,43H,5-6,9-16,40H2,1-4H3,(H2,41,56)(H2,42,57)(H,45,48,59)(H,46,47,58)/b8-7+. The molecule has 0 bridgehead atoms. The number of hydrogen-bond acceptors (Lipinski definition) is 13. The van der Waals surface area contributed by atoms with E-state index in [9.17, 15) is 19.2 Å². The van der Waals surface area contributed by atoms with Gasteiger partial charge >= 0.3 is 0 Å². The summed E-state index contributed by atoms with van der Waals surface area (Å²) in [4.78, 5) is 68.0. The molecule has 0 unspecified atom stereocenters. The van der Waals surface area contributed by atoms with Crippen LogP contribution in [0.2, 0.25) is 0 Å². The van der Waals surface area contributed by atoms with E-state index in [0.717, 1.165) is 26.2 Å². The van der Waals surface area contributed by atoms with E-state index >= 15 is 0 Å². The summed E-state index contributed by atoms with van der Waals surface area (Å²) in [7, 11) is 0. The van der Waals surface area contributed by atoms with E-state index in [1.54, 1.807) is 45.9 Å². The van der Waals surface area contributed by atoms with Crippen LogP contribution in [0.5, 0.6) is 5.75 Å². The second-order valence-corrected chi connectivity index (χ2v) is 14.2. The first kappa shape index (κ1) is 41.0. The van der Waals surface area contributed by atoms with E-state index in [0.29, 0.717) is 71.3 Å². The largest absolute Gasteiger partial charge is 0.490 e. The van der Waals surface area contributed by atoms with Gasteiger partial charge in [-0.2, -0.15) is 10.2 Å². The molecular formula is C39H48N16O5. The molecule has 4 amide bonds. The van der Waals surface area contributed by atoms with Gasteiger partial charge in [0.05, 0.1) is 28.2 Å². The third-order valence-electron chi connectivity index (χ3n) is 10.2. The van der Waals surface area contributed by atoms with Gasteiger partial charge in [0.25, 0.3) is 11.8 Å². The average molecular weight is 821 g/mol. The number of nitrogens with one attached hydrogen (secondary N) is 3. The van der Waals surface area contributed by atoms with Crippen LogP contribution in [-0.2, 0) is 26.2 Å². The zero-order valence-corrected chi connectivity index (χ0v) is 33.9. The summed E-state index contributed by atoms with van der Waals surface area (Å²) in [5.41, 5.74) is 21.5. The van der Waals surface area contributed by atoms with Crippen LogP contribution in [0.15, 0.2) is 42.6 Å². The maximum absolute atomic E-state index is 13.9. The van der Waals surface area contributed by atoms with Gasteiger partial charge in [-0.05, 0) is 52.0 Å². The maximum Gasteiger partial charge on any atom is 0.278 e. The smallest absolute Gasteiger partial charge is 0.278 e. The van der Waals surface area contributed by atoms with Crippen molar-refractivity contribution in [1.82, 2.24) is 53.9 Å². The molecule has 1 aromatic carbocycles. The fourth-order valence-corrected chi connectivity index (χ4v) is 7.11. The molecule has 60 heavy (non-hydrogen) atoms. The molecule has 21 nitrogen and oxygen atoms in total. The van der Waals surface area contributed by atoms with E-state index in [1.165, 1.54) is 16.9 Å². The number of nitrogens with zero attached hydrogens (tertiary/aromatic N) is 10. The first-order valence-corrected chi connectivity index (χ1v) is 19.6. The number of primary amides is 2. The number of carbonyl (C=O) groups excluding carboxylic acids is 4. The van der Waals surface area contributed by atoms with Gasteiger partial charge in [0, 0.05) is 70.7 Å². The number of ether oxygens (including phenoxy) is 1. The lowest BCUT2D eigenvalue weighted by atomic mass is 10.1. The van der Waals surface area contributed by atoms with Crippen LogP contribution in [-0.4, -0.2) is 112 Å². The number of piperazine rings is 1. The quantitative estimate of drug-likeness (QED) is 0.0759. The Morgan fingerprint density at radius 2 is 1.48 bits per heavy atom.